The summed E-state index contributed by atoms with van der Waals surface area (Å²) in [6.45, 7) is 3.84. The summed E-state index contributed by atoms with van der Waals surface area (Å²) in [6.07, 6.45) is 4.59. The molecule has 0 unspecified atom stereocenters. The monoisotopic (exact) mass is 361 g/mol. The van der Waals surface area contributed by atoms with Crippen LogP contribution in [-0.4, -0.2) is 21.7 Å². The van der Waals surface area contributed by atoms with Crippen LogP contribution in [0.15, 0.2) is 28.7 Å². The van der Waals surface area contributed by atoms with Crippen molar-refractivity contribution in [3.63, 3.8) is 0 Å². The number of hydrogen-bond donors (Lipinski definition) is 1. The molecule has 1 fully saturated rings. The van der Waals surface area contributed by atoms with E-state index in [4.69, 9.17) is 0 Å². The highest BCUT2D eigenvalue weighted by atomic mass is 79.9. The number of rotatable bonds is 3. The van der Waals surface area contributed by atoms with Gasteiger partial charge >= 0.3 is 0 Å². The Bertz CT molecular complexity index is 685. The Morgan fingerprint density at radius 3 is 2.50 bits per heavy atom. The molecule has 1 N–H and O–H groups in total. The van der Waals surface area contributed by atoms with Crippen LogP contribution in [0.1, 0.15) is 47.4 Å². The number of halogens is 1. The van der Waals surface area contributed by atoms with Crippen molar-refractivity contribution in [1.29, 1.82) is 0 Å². The van der Waals surface area contributed by atoms with Gasteiger partial charge in [0.05, 0.1) is 22.6 Å². The van der Waals surface area contributed by atoms with E-state index in [1.165, 1.54) is 12.8 Å². The van der Waals surface area contributed by atoms with E-state index in [0.29, 0.717) is 11.6 Å². The highest BCUT2D eigenvalue weighted by molar-refractivity contribution is 9.10. The molecule has 0 aliphatic heterocycles. The maximum atomic E-state index is 12.6. The first-order valence-electron chi connectivity index (χ1n) is 7.69. The Kier molecular flexibility index (Phi) is 4.34. The van der Waals surface area contributed by atoms with Crippen molar-refractivity contribution in [3.05, 3.63) is 45.7 Å². The number of nitrogens with one attached hydrogen (secondary N) is 1. The van der Waals surface area contributed by atoms with Gasteiger partial charge in [-0.1, -0.05) is 28.8 Å². The van der Waals surface area contributed by atoms with Crippen molar-refractivity contribution in [2.45, 2.75) is 45.6 Å². The molecule has 0 saturated heterocycles. The largest absolute Gasteiger partial charge is 0.349 e. The Morgan fingerprint density at radius 2 is 1.86 bits per heavy atom. The molecule has 1 heterocycles. The Balaban J connectivity index is 1.89. The van der Waals surface area contributed by atoms with Crippen LogP contribution >= 0.6 is 15.9 Å². The Labute approximate surface area is 139 Å². The predicted molar refractivity (Wildman–Crippen MR) is 90.5 cm³/mol. The molecule has 2 aromatic rings. The normalized spacial score (nSPS) is 15.2. The molecule has 1 aromatic carbocycles. The third-order valence-electron chi connectivity index (χ3n) is 4.28. The zero-order chi connectivity index (χ0) is 15.7. The summed E-state index contributed by atoms with van der Waals surface area (Å²) in [6, 6.07) is 8.25. The van der Waals surface area contributed by atoms with E-state index in [1.54, 1.807) is 0 Å². The van der Waals surface area contributed by atoms with Crippen LogP contribution in [0.25, 0.3) is 5.69 Å². The summed E-state index contributed by atoms with van der Waals surface area (Å²) in [5.41, 5.74) is 3.32. The first-order chi connectivity index (χ1) is 10.6. The lowest BCUT2D eigenvalue weighted by Gasteiger charge is -2.12. The van der Waals surface area contributed by atoms with E-state index in [9.17, 15) is 4.79 Å². The fourth-order valence-corrected chi connectivity index (χ4v) is 3.40. The third-order valence-corrected chi connectivity index (χ3v) is 4.81. The van der Waals surface area contributed by atoms with Gasteiger partial charge in [0.2, 0.25) is 0 Å². The van der Waals surface area contributed by atoms with Crippen LogP contribution in [0.2, 0.25) is 0 Å². The van der Waals surface area contributed by atoms with E-state index < -0.39 is 0 Å². The van der Waals surface area contributed by atoms with Crippen LogP contribution in [0, 0.1) is 13.8 Å². The lowest BCUT2D eigenvalue weighted by Crippen LogP contribution is -2.33. The number of hydrogen-bond acceptors (Lipinski definition) is 2. The topological polar surface area (TPSA) is 46.9 Å². The van der Waals surface area contributed by atoms with Gasteiger partial charge in [-0.3, -0.25) is 4.79 Å². The summed E-state index contributed by atoms with van der Waals surface area (Å²) in [4.78, 5) is 12.6. The predicted octanol–water partition coefficient (Wildman–Crippen LogP) is 3.92. The lowest BCUT2D eigenvalue weighted by molar-refractivity contribution is 0.0936. The van der Waals surface area contributed by atoms with Gasteiger partial charge in [-0.15, -0.1) is 0 Å². The fraction of sp³-hybridized carbons (Fsp3) is 0.412. The number of amides is 1. The molecular formula is C17H20BrN3O. The minimum absolute atomic E-state index is 0.00487. The number of nitrogens with zero attached hydrogens (tertiary/aromatic N) is 2. The van der Waals surface area contributed by atoms with Crippen LogP contribution in [0.5, 0.6) is 0 Å². The molecule has 116 valence electrons. The highest BCUT2D eigenvalue weighted by Gasteiger charge is 2.23. The molecule has 1 amide bonds. The molecule has 22 heavy (non-hydrogen) atoms. The van der Waals surface area contributed by atoms with Crippen molar-refractivity contribution < 1.29 is 4.79 Å². The first-order valence-corrected chi connectivity index (χ1v) is 8.48. The maximum absolute atomic E-state index is 12.6. The number of carbonyl (C=O) groups excluding carboxylic acids is 1. The van der Waals surface area contributed by atoms with E-state index in [-0.39, 0.29) is 5.91 Å². The van der Waals surface area contributed by atoms with E-state index >= 15 is 0 Å². The molecule has 0 atom stereocenters. The van der Waals surface area contributed by atoms with Gasteiger partial charge < -0.3 is 5.32 Å². The number of benzene rings is 1. The molecule has 1 saturated carbocycles. The summed E-state index contributed by atoms with van der Waals surface area (Å²) in [5.74, 6) is 0.00487. The lowest BCUT2D eigenvalue weighted by atomic mass is 10.1. The molecule has 3 rings (SSSR count). The van der Waals surface area contributed by atoms with Crippen molar-refractivity contribution in [1.82, 2.24) is 15.1 Å². The average molecular weight is 362 g/mol. The molecule has 1 aliphatic carbocycles. The second-order valence-electron chi connectivity index (χ2n) is 5.89. The van der Waals surface area contributed by atoms with Gasteiger partial charge in [0.15, 0.2) is 0 Å². The quantitative estimate of drug-likeness (QED) is 0.900. The zero-order valence-electron chi connectivity index (χ0n) is 12.9. The standard InChI is InChI=1S/C17H20BrN3O/c1-11-16(17(22)19-14-5-3-4-6-14)12(2)21(20-11)15-9-7-13(18)8-10-15/h7-10,14H,3-6H2,1-2H3,(H,19,22). The maximum Gasteiger partial charge on any atom is 0.255 e. The summed E-state index contributed by atoms with van der Waals surface area (Å²) >= 11 is 3.43. The summed E-state index contributed by atoms with van der Waals surface area (Å²) < 4.78 is 2.86. The van der Waals surface area contributed by atoms with Gasteiger partial charge in [0.1, 0.15) is 0 Å². The van der Waals surface area contributed by atoms with Crippen LogP contribution in [-0.2, 0) is 0 Å². The van der Waals surface area contributed by atoms with Gasteiger partial charge in [0.25, 0.3) is 5.91 Å². The SMILES string of the molecule is Cc1nn(-c2ccc(Br)cc2)c(C)c1C(=O)NC1CCCC1. The molecule has 0 spiro atoms. The molecule has 0 bridgehead atoms. The van der Waals surface area contributed by atoms with Gasteiger partial charge in [-0.05, 0) is 51.0 Å². The van der Waals surface area contributed by atoms with Crippen LogP contribution in [0.3, 0.4) is 0 Å². The van der Waals surface area contributed by atoms with Crippen molar-refractivity contribution in [2.24, 2.45) is 0 Å². The minimum Gasteiger partial charge on any atom is -0.349 e. The van der Waals surface area contributed by atoms with Crippen molar-refractivity contribution >= 4 is 21.8 Å². The van der Waals surface area contributed by atoms with Gasteiger partial charge in [-0.25, -0.2) is 4.68 Å². The molecule has 4 nitrogen and oxygen atoms in total. The van der Waals surface area contributed by atoms with Crippen LogP contribution in [0.4, 0.5) is 0 Å². The van der Waals surface area contributed by atoms with Crippen molar-refractivity contribution in [3.8, 4) is 5.69 Å². The second kappa shape index (κ2) is 6.24. The van der Waals surface area contributed by atoms with Gasteiger partial charge in [-0.2, -0.15) is 5.10 Å². The fourth-order valence-electron chi connectivity index (χ4n) is 3.13. The van der Waals surface area contributed by atoms with Crippen LogP contribution < -0.4 is 5.32 Å². The second-order valence-corrected chi connectivity index (χ2v) is 6.80. The number of aromatic nitrogens is 2. The summed E-state index contributed by atoms with van der Waals surface area (Å²) in [5, 5.41) is 7.70. The summed E-state index contributed by atoms with van der Waals surface area (Å²) in [7, 11) is 0. The Hall–Kier alpha value is -1.62. The van der Waals surface area contributed by atoms with Gasteiger partial charge in [0, 0.05) is 10.5 Å². The number of carbonyl (C=O) groups is 1. The minimum atomic E-state index is 0.00487. The zero-order valence-corrected chi connectivity index (χ0v) is 14.5. The van der Waals surface area contributed by atoms with Crippen molar-refractivity contribution in [2.75, 3.05) is 0 Å². The molecule has 5 heteroatoms. The Morgan fingerprint density at radius 1 is 1.23 bits per heavy atom. The smallest absolute Gasteiger partial charge is 0.255 e. The van der Waals surface area contributed by atoms with E-state index in [1.807, 2.05) is 42.8 Å². The molecule has 1 aliphatic rings. The third kappa shape index (κ3) is 2.95. The van der Waals surface area contributed by atoms with E-state index in [2.05, 4.69) is 26.3 Å². The first kappa shape index (κ1) is 15.3. The molecule has 0 radical (unpaired) electrons. The average Bonchev–Trinajstić information content (AvgIpc) is 3.08. The molecular weight excluding hydrogens is 342 g/mol. The number of aryl methyl sites for hydroxylation is 1. The highest BCUT2D eigenvalue weighted by Crippen LogP contribution is 2.22. The molecule has 1 aromatic heterocycles. The van der Waals surface area contributed by atoms with E-state index in [0.717, 1.165) is 34.4 Å².